The van der Waals surface area contributed by atoms with Crippen molar-refractivity contribution in [3.05, 3.63) is 0 Å². The van der Waals surface area contributed by atoms with E-state index in [9.17, 15) is 19.0 Å². The van der Waals surface area contributed by atoms with Crippen LogP contribution < -0.4 is 4.89 Å². The van der Waals surface area contributed by atoms with E-state index in [0.29, 0.717) is 17.4 Å². The third-order valence-electron chi connectivity index (χ3n) is 5.88. The number of unbranched alkanes of at least 4 members (excludes halogenated alkanes) is 11. The van der Waals surface area contributed by atoms with Crippen LogP contribution in [0, 0.1) is 0 Å². The van der Waals surface area contributed by atoms with Crippen LogP contribution in [0.3, 0.4) is 0 Å². The molecule has 0 aromatic carbocycles. The molecule has 0 amide bonds. The van der Waals surface area contributed by atoms with Gasteiger partial charge in [-0.2, -0.15) is 0 Å². The molecule has 0 heterocycles. The van der Waals surface area contributed by atoms with Crippen molar-refractivity contribution in [1.82, 2.24) is 0 Å². The fourth-order valence-electron chi connectivity index (χ4n) is 3.53. The molecule has 220 valence electrons. The number of likely N-dealkylation sites (N-methyl/N-ethyl adjacent to an activating group) is 1. The number of phosphoric ester groups is 1. The zero-order valence-electron chi connectivity index (χ0n) is 24.2. The Balaban J connectivity index is 4.58. The summed E-state index contributed by atoms with van der Waals surface area (Å²) in [6.07, 6.45) is 13.3. The third-order valence-corrected chi connectivity index (χ3v) is 6.84. The van der Waals surface area contributed by atoms with Gasteiger partial charge in [0.2, 0.25) is 0 Å². The van der Waals surface area contributed by atoms with Gasteiger partial charge in [0.05, 0.1) is 27.7 Å². The molecule has 0 N–H and O–H groups in total. The summed E-state index contributed by atoms with van der Waals surface area (Å²) in [7, 11) is 1.16. The van der Waals surface area contributed by atoms with Gasteiger partial charge in [-0.15, -0.1) is 0 Å². The van der Waals surface area contributed by atoms with Gasteiger partial charge in [0.25, 0.3) is 7.82 Å². The van der Waals surface area contributed by atoms with Gasteiger partial charge in [-0.05, 0) is 12.8 Å². The lowest BCUT2D eigenvalue weighted by Crippen LogP contribution is -2.37. The molecule has 9 nitrogen and oxygen atoms in total. The monoisotopic (exact) mass is 551 g/mol. The van der Waals surface area contributed by atoms with E-state index in [2.05, 4.69) is 13.8 Å². The molecule has 2 unspecified atom stereocenters. The summed E-state index contributed by atoms with van der Waals surface area (Å²) in [6.45, 7) is 4.05. The van der Waals surface area contributed by atoms with Crippen molar-refractivity contribution in [2.24, 2.45) is 0 Å². The molecule has 0 aromatic rings. The highest BCUT2D eigenvalue weighted by molar-refractivity contribution is 7.45. The van der Waals surface area contributed by atoms with Crippen LogP contribution in [0.25, 0.3) is 0 Å². The smallest absolute Gasteiger partial charge is 0.306 e. The van der Waals surface area contributed by atoms with Crippen LogP contribution >= 0.6 is 7.82 Å². The minimum absolute atomic E-state index is 0.0276. The Kier molecular flexibility index (Phi) is 21.3. The van der Waals surface area contributed by atoms with Crippen LogP contribution in [0.1, 0.15) is 110 Å². The normalized spacial score (nSPS) is 14.2. The number of phosphoric acid groups is 1. The second-order valence-corrected chi connectivity index (χ2v) is 12.2. The van der Waals surface area contributed by atoms with Gasteiger partial charge in [-0.25, -0.2) is 0 Å². The summed E-state index contributed by atoms with van der Waals surface area (Å²) < 4.78 is 33.2. The molecular weight excluding hydrogens is 497 g/mol. The molecule has 0 aliphatic rings. The number of nitrogens with zero attached hydrogens (tertiary/aromatic N) is 1. The molecule has 0 aliphatic carbocycles. The lowest BCUT2D eigenvalue weighted by molar-refractivity contribution is -0.870. The number of hydrogen-bond acceptors (Lipinski definition) is 8. The van der Waals surface area contributed by atoms with Gasteiger partial charge in [0, 0.05) is 12.8 Å². The quantitative estimate of drug-likeness (QED) is 0.0629. The van der Waals surface area contributed by atoms with Crippen molar-refractivity contribution in [3.8, 4) is 0 Å². The lowest BCUT2D eigenvalue weighted by Gasteiger charge is -2.28. The zero-order valence-corrected chi connectivity index (χ0v) is 25.1. The number of quaternary nitrogens is 1. The maximum absolute atomic E-state index is 12.4. The number of hydrogen-bond donors (Lipinski definition) is 0. The van der Waals surface area contributed by atoms with E-state index >= 15 is 0 Å². The average molecular weight is 552 g/mol. The second kappa shape index (κ2) is 21.9. The average Bonchev–Trinajstić information content (AvgIpc) is 2.81. The first kappa shape index (κ1) is 36.0. The summed E-state index contributed by atoms with van der Waals surface area (Å²) in [5.41, 5.74) is 0. The Morgan fingerprint density at radius 3 is 1.73 bits per heavy atom. The van der Waals surface area contributed by atoms with Crippen LogP contribution in [0.15, 0.2) is 0 Å². The molecule has 0 radical (unpaired) electrons. The van der Waals surface area contributed by atoms with E-state index in [1.165, 1.54) is 25.7 Å². The van der Waals surface area contributed by atoms with Crippen molar-refractivity contribution in [3.63, 3.8) is 0 Å². The predicted molar refractivity (Wildman–Crippen MR) is 144 cm³/mol. The van der Waals surface area contributed by atoms with Crippen LogP contribution in [0.4, 0.5) is 0 Å². The van der Waals surface area contributed by atoms with Gasteiger partial charge in [0.15, 0.2) is 6.10 Å². The molecule has 37 heavy (non-hydrogen) atoms. The number of carbonyl (C=O) groups excluding carboxylic acids is 2. The topological polar surface area (TPSA) is 111 Å². The van der Waals surface area contributed by atoms with E-state index in [1.807, 2.05) is 21.1 Å². The first-order valence-corrected chi connectivity index (χ1v) is 15.7. The van der Waals surface area contributed by atoms with Gasteiger partial charge in [0.1, 0.15) is 19.8 Å². The van der Waals surface area contributed by atoms with Crippen molar-refractivity contribution >= 4 is 19.8 Å². The Hall–Kier alpha value is -0.990. The Labute approximate surface area is 225 Å². The second-order valence-electron chi connectivity index (χ2n) is 10.8. The van der Waals surface area contributed by atoms with E-state index in [4.69, 9.17) is 18.5 Å². The molecule has 0 bridgehead atoms. The van der Waals surface area contributed by atoms with E-state index < -0.39 is 32.5 Å². The van der Waals surface area contributed by atoms with Crippen LogP contribution in [0.2, 0.25) is 0 Å². The first-order valence-electron chi connectivity index (χ1n) is 14.2. The number of rotatable bonds is 25. The highest BCUT2D eigenvalue weighted by Gasteiger charge is 2.21. The minimum atomic E-state index is -4.59. The summed E-state index contributed by atoms with van der Waals surface area (Å²) in [4.78, 5) is 36.6. The predicted octanol–water partition coefficient (Wildman–Crippen LogP) is 5.54. The van der Waals surface area contributed by atoms with Crippen LogP contribution in [0.5, 0.6) is 0 Å². The first-order chi connectivity index (χ1) is 17.5. The molecular formula is C27H54NO8P. The molecule has 10 heteroatoms. The Morgan fingerprint density at radius 2 is 1.22 bits per heavy atom. The van der Waals surface area contributed by atoms with Crippen molar-refractivity contribution < 1.29 is 42.1 Å². The molecule has 0 aromatic heterocycles. The molecule has 0 saturated carbocycles. The Bertz CT molecular complexity index is 638. The number of carbonyl (C=O) groups is 2. The van der Waals surface area contributed by atoms with Crippen LogP contribution in [-0.2, 0) is 32.7 Å². The standard InChI is InChI=1S/C27H54NO8P/c1-6-8-10-12-13-14-16-18-20-27(30)36-25(23-33-26(29)19-17-15-11-9-7-2)24-35-37(31,32)34-22-21-28(3,4)5/h25H,6-24H2,1-5H3. The SMILES string of the molecule is CCCCCCCCCCC(=O)OC(COC(=O)CCCCCCC)COP(=O)([O-])OCC[N+](C)(C)C. The van der Waals surface area contributed by atoms with E-state index in [1.54, 1.807) is 0 Å². The van der Waals surface area contributed by atoms with E-state index in [-0.39, 0.29) is 26.1 Å². The molecule has 2 atom stereocenters. The third kappa shape index (κ3) is 25.1. The maximum atomic E-state index is 12.4. The van der Waals surface area contributed by atoms with Gasteiger partial charge in [-0.1, -0.05) is 84.5 Å². The molecule has 0 aliphatic heterocycles. The zero-order chi connectivity index (χ0) is 28.0. The van der Waals surface area contributed by atoms with Crippen molar-refractivity contribution in [2.75, 3.05) is 47.5 Å². The summed E-state index contributed by atoms with van der Waals surface area (Å²) in [5, 5.41) is 0. The van der Waals surface area contributed by atoms with Gasteiger partial charge >= 0.3 is 11.9 Å². The molecule has 0 fully saturated rings. The Morgan fingerprint density at radius 1 is 0.730 bits per heavy atom. The largest absolute Gasteiger partial charge is 0.756 e. The molecule has 0 saturated heterocycles. The lowest BCUT2D eigenvalue weighted by atomic mass is 10.1. The highest BCUT2D eigenvalue weighted by Crippen LogP contribution is 2.38. The summed E-state index contributed by atoms with van der Waals surface area (Å²) in [6, 6.07) is 0. The van der Waals surface area contributed by atoms with Crippen LogP contribution in [-0.4, -0.2) is 70.0 Å². The van der Waals surface area contributed by atoms with Crippen molar-refractivity contribution in [1.29, 1.82) is 0 Å². The van der Waals surface area contributed by atoms with E-state index in [0.717, 1.165) is 51.4 Å². The molecule has 0 spiro atoms. The van der Waals surface area contributed by atoms with Gasteiger partial charge < -0.3 is 27.9 Å². The summed E-state index contributed by atoms with van der Waals surface area (Å²) in [5.74, 6) is -0.855. The number of esters is 2. The summed E-state index contributed by atoms with van der Waals surface area (Å²) >= 11 is 0. The fraction of sp³-hybridized carbons (Fsp3) is 0.926. The number of ether oxygens (including phenoxy) is 2. The highest BCUT2D eigenvalue weighted by atomic mass is 31.2. The molecule has 0 rings (SSSR count). The maximum Gasteiger partial charge on any atom is 0.306 e. The fourth-order valence-corrected chi connectivity index (χ4v) is 4.26. The minimum Gasteiger partial charge on any atom is -0.756 e. The van der Waals surface area contributed by atoms with Gasteiger partial charge in [-0.3, -0.25) is 14.2 Å². The van der Waals surface area contributed by atoms with Crippen molar-refractivity contribution in [2.45, 2.75) is 116 Å².